The zero-order chi connectivity index (χ0) is 28.2. The third-order valence-electron chi connectivity index (χ3n) is 7.55. The fourth-order valence-corrected chi connectivity index (χ4v) is 5.72. The molecule has 6 heteroatoms. The fraction of sp³-hybridized carbons (Fsp3) is 0.324. The first-order valence-corrected chi connectivity index (χ1v) is 13.8. The minimum absolute atomic E-state index is 0.0158. The van der Waals surface area contributed by atoms with Crippen LogP contribution >= 0.6 is 0 Å². The summed E-state index contributed by atoms with van der Waals surface area (Å²) in [5.74, 6) is -0.425. The quantitative estimate of drug-likeness (QED) is 0.296. The van der Waals surface area contributed by atoms with Crippen LogP contribution in [0, 0.1) is 5.92 Å². The van der Waals surface area contributed by atoms with Gasteiger partial charge in [0.05, 0.1) is 13.2 Å². The average molecular weight is 538 g/mol. The predicted molar refractivity (Wildman–Crippen MR) is 155 cm³/mol. The number of hydrogen-bond donors (Lipinski definition) is 0. The van der Waals surface area contributed by atoms with Gasteiger partial charge in [-0.05, 0) is 61.9 Å². The molecule has 0 aromatic heterocycles. The topological polar surface area (TPSA) is 74.2 Å². The van der Waals surface area contributed by atoms with Crippen molar-refractivity contribution in [2.24, 2.45) is 10.9 Å². The van der Waals surface area contributed by atoms with Crippen LogP contribution in [0.5, 0.6) is 11.5 Å². The zero-order valence-electron chi connectivity index (χ0n) is 23.4. The molecule has 3 atom stereocenters. The Bertz CT molecular complexity index is 1440. The molecule has 6 nitrogen and oxygen atoms in total. The first kappa shape index (κ1) is 27.4. The van der Waals surface area contributed by atoms with Gasteiger partial charge >= 0.3 is 5.97 Å². The van der Waals surface area contributed by atoms with E-state index < -0.39 is 11.8 Å². The molecule has 2 aliphatic rings. The molecule has 206 valence electrons. The molecule has 0 spiro atoms. The summed E-state index contributed by atoms with van der Waals surface area (Å²) in [6.07, 6.45) is 0.722. The van der Waals surface area contributed by atoms with Gasteiger partial charge in [0.25, 0.3) is 0 Å². The molecule has 0 amide bonds. The SMILES string of the molecule is COc1cc([C@@H]2C3=C(C[C@@H](c4ccccc4)CC3=O)N=C(C)C2C(=O)OC(C)C)ccc1OCc1ccccc1. The number of nitrogens with zero attached hydrogens (tertiary/aromatic N) is 1. The first-order chi connectivity index (χ1) is 19.4. The van der Waals surface area contributed by atoms with Crippen molar-refractivity contribution in [1.29, 1.82) is 0 Å². The van der Waals surface area contributed by atoms with Crippen molar-refractivity contribution in [2.75, 3.05) is 7.11 Å². The lowest BCUT2D eigenvalue weighted by atomic mass is 9.69. The summed E-state index contributed by atoms with van der Waals surface area (Å²) in [5, 5.41) is 0. The molecule has 1 aliphatic heterocycles. The molecule has 0 saturated heterocycles. The number of methoxy groups -OCH3 is 1. The average Bonchev–Trinajstić information content (AvgIpc) is 2.95. The molecule has 1 heterocycles. The van der Waals surface area contributed by atoms with E-state index in [9.17, 15) is 9.59 Å². The maximum atomic E-state index is 13.8. The van der Waals surface area contributed by atoms with E-state index >= 15 is 0 Å². The molecule has 1 aliphatic carbocycles. The summed E-state index contributed by atoms with van der Waals surface area (Å²) in [7, 11) is 1.59. The third kappa shape index (κ3) is 5.71. The molecule has 0 bridgehead atoms. The van der Waals surface area contributed by atoms with Gasteiger partial charge in [0.2, 0.25) is 0 Å². The van der Waals surface area contributed by atoms with Gasteiger partial charge in [0.15, 0.2) is 17.3 Å². The lowest BCUT2D eigenvalue weighted by Crippen LogP contribution is -2.38. The molecule has 0 N–H and O–H groups in total. The van der Waals surface area contributed by atoms with E-state index in [1.165, 1.54) is 0 Å². The van der Waals surface area contributed by atoms with E-state index in [0.29, 0.717) is 42.2 Å². The van der Waals surface area contributed by atoms with E-state index in [-0.39, 0.29) is 23.8 Å². The lowest BCUT2D eigenvalue weighted by Gasteiger charge is -2.37. The summed E-state index contributed by atoms with van der Waals surface area (Å²) in [6.45, 7) is 5.90. The molecule has 1 unspecified atom stereocenters. The Hall–Kier alpha value is -4.19. The van der Waals surface area contributed by atoms with Crippen LogP contribution in [-0.4, -0.2) is 30.7 Å². The van der Waals surface area contributed by atoms with Crippen molar-refractivity contribution >= 4 is 17.5 Å². The molecule has 5 rings (SSSR count). The lowest BCUT2D eigenvalue weighted by molar-refractivity contribution is -0.150. The Kier molecular flexibility index (Phi) is 8.15. The van der Waals surface area contributed by atoms with E-state index in [1.807, 2.05) is 87.5 Å². The van der Waals surface area contributed by atoms with Gasteiger partial charge in [-0.2, -0.15) is 0 Å². The van der Waals surface area contributed by atoms with Crippen molar-refractivity contribution in [1.82, 2.24) is 0 Å². The second-order valence-electron chi connectivity index (χ2n) is 10.7. The van der Waals surface area contributed by atoms with E-state index in [1.54, 1.807) is 7.11 Å². The number of Topliss-reactive ketones (excluding diaryl/α,β-unsaturated/α-hetero) is 1. The van der Waals surface area contributed by atoms with Gasteiger partial charge in [-0.1, -0.05) is 66.7 Å². The molecular weight excluding hydrogens is 502 g/mol. The maximum Gasteiger partial charge on any atom is 0.315 e. The summed E-state index contributed by atoms with van der Waals surface area (Å²) in [4.78, 5) is 32.2. The number of aliphatic imine (C=N–C) groups is 1. The van der Waals surface area contributed by atoms with Gasteiger partial charge in [-0.25, -0.2) is 0 Å². The van der Waals surface area contributed by atoms with Crippen LogP contribution in [0.25, 0.3) is 0 Å². The van der Waals surface area contributed by atoms with Gasteiger partial charge in [-0.3, -0.25) is 14.6 Å². The van der Waals surface area contributed by atoms with Crippen LogP contribution in [0.15, 0.2) is 95.1 Å². The van der Waals surface area contributed by atoms with Crippen molar-refractivity contribution in [2.45, 2.75) is 58.2 Å². The van der Waals surface area contributed by atoms with Gasteiger partial charge in [0, 0.05) is 29.3 Å². The summed E-state index contributed by atoms with van der Waals surface area (Å²) in [6, 6.07) is 25.6. The molecule has 0 fully saturated rings. The third-order valence-corrected chi connectivity index (χ3v) is 7.55. The molecule has 3 aromatic carbocycles. The standard InChI is InChI=1S/C34H35NO5/c1-21(2)40-34(37)31-22(3)35-27-17-26(24-13-9-6-10-14-24)18-28(36)33(27)32(31)25-15-16-29(30(19-25)38-4)39-20-23-11-7-5-8-12-23/h5-16,19,21,26,31-32H,17-18,20H2,1-4H3/t26-,31?,32+/m1/s1. The van der Waals surface area contributed by atoms with Crippen molar-refractivity contribution < 1.29 is 23.8 Å². The number of carbonyl (C=O) groups excluding carboxylic acids is 2. The van der Waals surface area contributed by atoms with Crippen LogP contribution in [0.3, 0.4) is 0 Å². The highest BCUT2D eigenvalue weighted by Crippen LogP contribution is 2.48. The molecule has 3 aromatic rings. The van der Waals surface area contributed by atoms with Crippen LogP contribution in [-0.2, 0) is 20.9 Å². The van der Waals surface area contributed by atoms with Crippen LogP contribution in [0.4, 0.5) is 0 Å². The van der Waals surface area contributed by atoms with Crippen molar-refractivity contribution in [3.05, 3.63) is 107 Å². The van der Waals surface area contributed by atoms with Gasteiger partial charge in [-0.15, -0.1) is 0 Å². The molecular formula is C34H35NO5. The highest BCUT2D eigenvalue weighted by Gasteiger charge is 2.45. The Morgan fingerprint density at radius 3 is 2.30 bits per heavy atom. The fourth-order valence-electron chi connectivity index (χ4n) is 5.72. The van der Waals surface area contributed by atoms with Crippen molar-refractivity contribution in [3.63, 3.8) is 0 Å². The number of benzene rings is 3. The smallest absolute Gasteiger partial charge is 0.315 e. The number of carbonyl (C=O) groups is 2. The predicted octanol–water partition coefficient (Wildman–Crippen LogP) is 6.80. The zero-order valence-corrected chi connectivity index (χ0v) is 23.4. The number of hydrogen-bond acceptors (Lipinski definition) is 6. The number of esters is 1. The second-order valence-corrected chi connectivity index (χ2v) is 10.7. The Labute approximate surface area is 235 Å². The normalized spacial score (nSPS) is 20.6. The highest BCUT2D eigenvalue weighted by atomic mass is 16.5. The number of rotatable bonds is 8. The second kappa shape index (κ2) is 11.9. The Balaban J connectivity index is 1.53. The number of ketones is 1. The molecule has 0 radical (unpaired) electrons. The van der Waals surface area contributed by atoms with Gasteiger partial charge in [0.1, 0.15) is 12.5 Å². The maximum absolute atomic E-state index is 13.8. The van der Waals surface area contributed by atoms with Gasteiger partial charge < -0.3 is 14.2 Å². The minimum Gasteiger partial charge on any atom is -0.493 e. The van der Waals surface area contributed by atoms with E-state index in [2.05, 4.69) is 12.1 Å². The number of ether oxygens (including phenoxy) is 3. The monoisotopic (exact) mass is 537 g/mol. The summed E-state index contributed by atoms with van der Waals surface area (Å²) < 4.78 is 17.5. The van der Waals surface area contributed by atoms with Crippen LogP contribution < -0.4 is 9.47 Å². The molecule has 40 heavy (non-hydrogen) atoms. The van der Waals surface area contributed by atoms with E-state index in [4.69, 9.17) is 19.2 Å². The number of allylic oxidation sites excluding steroid dienone is 2. The van der Waals surface area contributed by atoms with Crippen LogP contribution in [0.1, 0.15) is 62.1 Å². The highest BCUT2D eigenvalue weighted by molar-refractivity contribution is 6.09. The minimum atomic E-state index is -0.709. The summed E-state index contributed by atoms with van der Waals surface area (Å²) >= 11 is 0. The summed E-state index contributed by atoms with van der Waals surface area (Å²) in [5.41, 5.74) is 4.96. The van der Waals surface area contributed by atoms with Crippen LogP contribution in [0.2, 0.25) is 0 Å². The largest absolute Gasteiger partial charge is 0.493 e. The Morgan fingerprint density at radius 1 is 0.925 bits per heavy atom. The molecule has 0 saturated carbocycles. The first-order valence-electron chi connectivity index (χ1n) is 13.8. The van der Waals surface area contributed by atoms with E-state index in [0.717, 1.165) is 22.4 Å². The Morgan fingerprint density at radius 2 is 1.62 bits per heavy atom. The van der Waals surface area contributed by atoms with Crippen molar-refractivity contribution in [3.8, 4) is 11.5 Å².